The molecule has 0 radical (unpaired) electrons. The molecule has 12 heavy (non-hydrogen) atoms. The number of Topliss-reactive ketones (excluding diaryl/α,β-unsaturated/α-hetero) is 1. The van der Waals surface area contributed by atoms with Crippen molar-refractivity contribution in [1.29, 1.82) is 0 Å². The molecule has 0 N–H and O–H groups in total. The van der Waals surface area contributed by atoms with Crippen LogP contribution < -0.4 is 0 Å². The zero-order chi connectivity index (χ0) is 8.55. The van der Waals surface area contributed by atoms with E-state index in [4.69, 9.17) is 11.6 Å². The molecule has 0 aliphatic carbocycles. The number of hydrogen-bond donors (Lipinski definition) is 0. The summed E-state index contributed by atoms with van der Waals surface area (Å²) in [7, 11) is 0. The fourth-order valence-electron chi connectivity index (χ4n) is 1.00. The summed E-state index contributed by atoms with van der Waals surface area (Å²) >= 11 is 6.92. The van der Waals surface area contributed by atoms with Crippen molar-refractivity contribution < 1.29 is 4.79 Å². The van der Waals surface area contributed by atoms with Crippen LogP contribution in [0.3, 0.4) is 0 Å². The molecule has 2 rings (SSSR count). The fourth-order valence-corrected chi connectivity index (χ4v) is 1.83. The lowest BCUT2D eigenvalue weighted by Gasteiger charge is -1.91. The van der Waals surface area contributed by atoms with Crippen molar-refractivity contribution in [3.05, 3.63) is 23.5 Å². The maximum atomic E-state index is 11.2. The van der Waals surface area contributed by atoms with Crippen LogP contribution in [0.4, 0.5) is 0 Å². The molecule has 0 atom stereocenters. The molecule has 0 aromatic carbocycles. The van der Waals surface area contributed by atoms with Gasteiger partial charge in [-0.15, -0.1) is 22.9 Å². The number of carbonyl (C=O) groups excluding carboxylic acids is 1. The Morgan fingerprint density at radius 3 is 3.33 bits per heavy atom. The minimum absolute atomic E-state index is 0.00361. The highest BCUT2D eigenvalue weighted by molar-refractivity contribution is 7.15. The van der Waals surface area contributed by atoms with E-state index in [1.165, 1.54) is 11.3 Å². The predicted octanol–water partition coefficient (Wildman–Crippen LogP) is 1.82. The standard InChI is InChI=1S/C7H5ClN2OS/c8-3-6(11)5-4-9-7-10(5)1-2-12-7/h1-2,4H,3H2. The number of ketones is 1. The van der Waals surface area contributed by atoms with Crippen LogP contribution in [0.5, 0.6) is 0 Å². The van der Waals surface area contributed by atoms with Gasteiger partial charge in [0.2, 0.25) is 0 Å². The van der Waals surface area contributed by atoms with Gasteiger partial charge in [-0.05, 0) is 0 Å². The Morgan fingerprint density at radius 2 is 2.58 bits per heavy atom. The van der Waals surface area contributed by atoms with Crippen LogP contribution in [-0.4, -0.2) is 21.0 Å². The fraction of sp³-hybridized carbons (Fsp3) is 0.143. The number of imidazole rings is 1. The number of rotatable bonds is 2. The molecule has 0 aliphatic heterocycles. The van der Waals surface area contributed by atoms with Crippen LogP contribution in [0.1, 0.15) is 10.5 Å². The van der Waals surface area contributed by atoms with Gasteiger partial charge >= 0.3 is 0 Å². The van der Waals surface area contributed by atoms with Gasteiger partial charge in [0.05, 0.1) is 12.1 Å². The molecule has 0 fully saturated rings. The molecule has 2 heterocycles. The Kier molecular flexibility index (Phi) is 1.86. The van der Waals surface area contributed by atoms with Crippen LogP contribution in [0.15, 0.2) is 17.8 Å². The first kappa shape index (κ1) is 7.76. The van der Waals surface area contributed by atoms with Crippen molar-refractivity contribution in [2.45, 2.75) is 0 Å². The van der Waals surface area contributed by atoms with E-state index >= 15 is 0 Å². The molecule has 0 amide bonds. The maximum absolute atomic E-state index is 11.2. The van der Waals surface area contributed by atoms with Gasteiger partial charge in [-0.25, -0.2) is 4.98 Å². The number of carbonyl (C=O) groups is 1. The molecule has 62 valence electrons. The Hall–Kier alpha value is -0.870. The van der Waals surface area contributed by atoms with Crippen LogP contribution in [0.25, 0.3) is 4.96 Å². The van der Waals surface area contributed by atoms with E-state index in [-0.39, 0.29) is 11.7 Å². The summed E-state index contributed by atoms with van der Waals surface area (Å²) in [6.45, 7) is 0. The van der Waals surface area contributed by atoms with Gasteiger partial charge in [-0.2, -0.15) is 0 Å². The van der Waals surface area contributed by atoms with E-state index in [0.717, 1.165) is 4.96 Å². The summed E-state index contributed by atoms with van der Waals surface area (Å²) in [5.41, 5.74) is 0.557. The minimum Gasteiger partial charge on any atom is -0.291 e. The van der Waals surface area contributed by atoms with Gasteiger partial charge in [0, 0.05) is 11.6 Å². The van der Waals surface area contributed by atoms with Crippen molar-refractivity contribution in [2.24, 2.45) is 0 Å². The van der Waals surface area contributed by atoms with E-state index < -0.39 is 0 Å². The molecule has 0 saturated heterocycles. The smallest absolute Gasteiger partial charge is 0.195 e. The molecule has 5 heteroatoms. The lowest BCUT2D eigenvalue weighted by molar-refractivity contribution is 0.101. The largest absolute Gasteiger partial charge is 0.291 e. The number of thiazole rings is 1. The number of aromatic nitrogens is 2. The van der Waals surface area contributed by atoms with Gasteiger partial charge in [-0.3, -0.25) is 9.20 Å². The molecule has 0 aliphatic rings. The van der Waals surface area contributed by atoms with Crippen molar-refractivity contribution in [1.82, 2.24) is 9.38 Å². The van der Waals surface area contributed by atoms with Crippen molar-refractivity contribution in [2.75, 3.05) is 5.88 Å². The van der Waals surface area contributed by atoms with E-state index in [1.807, 2.05) is 11.6 Å². The topological polar surface area (TPSA) is 34.4 Å². The van der Waals surface area contributed by atoms with Crippen LogP contribution in [0, 0.1) is 0 Å². The second-order valence-electron chi connectivity index (χ2n) is 2.26. The predicted molar refractivity (Wildman–Crippen MR) is 48.1 cm³/mol. The average Bonchev–Trinajstić information content (AvgIpc) is 2.62. The van der Waals surface area contributed by atoms with E-state index in [0.29, 0.717) is 5.69 Å². The highest BCUT2D eigenvalue weighted by atomic mass is 35.5. The highest BCUT2D eigenvalue weighted by Gasteiger charge is 2.10. The normalized spacial score (nSPS) is 10.8. The Balaban J connectivity index is 2.61. The highest BCUT2D eigenvalue weighted by Crippen LogP contribution is 2.13. The molecule has 0 unspecified atom stereocenters. The van der Waals surface area contributed by atoms with Crippen molar-refractivity contribution in [3.63, 3.8) is 0 Å². The van der Waals surface area contributed by atoms with Crippen LogP contribution in [0.2, 0.25) is 0 Å². The van der Waals surface area contributed by atoms with E-state index in [2.05, 4.69) is 4.98 Å². The third-order valence-electron chi connectivity index (χ3n) is 1.55. The van der Waals surface area contributed by atoms with Crippen molar-refractivity contribution >= 4 is 33.7 Å². The van der Waals surface area contributed by atoms with Gasteiger partial charge in [-0.1, -0.05) is 0 Å². The Labute approximate surface area is 77.6 Å². The molecular weight excluding hydrogens is 196 g/mol. The zero-order valence-corrected chi connectivity index (χ0v) is 7.60. The lowest BCUT2D eigenvalue weighted by atomic mass is 10.3. The molecule has 2 aromatic rings. The Morgan fingerprint density at radius 1 is 1.75 bits per heavy atom. The maximum Gasteiger partial charge on any atom is 0.195 e. The van der Waals surface area contributed by atoms with Crippen LogP contribution >= 0.6 is 22.9 Å². The second-order valence-corrected chi connectivity index (χ2v) is 3.40. The summed E-state index contributed by atoms with van der Waals surface area (Å²) in [6.07, 6.45) is 3.36. The first-order valence-electron chi connectivity index (χ1n) is 3.32. The Bertz CT molecular complexity index is 420. The van der Waals surface area contributed by atoms with E-state index in [1.54, 1.807) is 10.6 Å². The van der Waals surface area contributed by atoms with Gasteiger partial charge in [0.1, 0.15) is 5.69 Å². The summed E-state index contributed by atoms with van der Waals surface area (Å²) in [5.74, 6) is -0.0912. The number of fused-ring (bicyclic) bond motifs is 1. The van der Waals surface area contributed by atoms with Gasteiger partial charge < -0.3 is 0 Å². The monoisotopic (exact) mass is 200 g/mol. The third kappa shape index (κ3) is 1.04. The zero-order valence-electron chi connectivity index (χ0n) is 6.03. The van der Waals surface area contributed by atoms with E-state index in [9.17, 15) is 4.79 Å². The SMILES string of the molecule is O=C(CCl)c1cnc2sccn12. The first-order chi connectivity index (χ1) is 5.83. The molecule has 3 nitrogen and oxygen atoms in total. The summed E-state index contributed by atoms with van der Waals surface area (Å²) in [5, 5.41) is 1.88. The second kappa shape index (κ2) is 2.88. The molecule has 0 spiro atoms. The summed E-state index contributed by atoms with van der Waals surface area (Å²) in [4.78, 5) is 16.1. The summed E-state index contributed by atoms with van der Waals surface area (Å²) in [6, 6.07) is 0. The number of alkyl halides is 1. The van der Waals surface area contributed by atoms with Crippen molar-refractivity contribution in [3.8, 4) is 0 Å². The minimum atomic E-state index is -0.0948. The molecule has 2 aromatic heterocycles. The third-order valence-corrected chi connectivity index (χ3v) is 2.57. The first-order valence-corrected chi connectivity index (χ1v) is 4.74. The lowest BCUT2D eigenvalue weighted by Crippen LogP contribution is -2.02. The number of hydrogen-bond acceptors (Lipinski definition) is 3. The van der Waals surface area contributed by atoms with Gasteiger partial charge in [0.15, 0.2) is 10.7 Å². The molecule has 0 bridgehead atoms. The number of halogens is 1. The molecule has 0 saturated carbocycles. The van der Waals surface area contributed by atoms with Crippen LogP contribution in [-0.2, 0) is 0 Å². The molecular formula is C7H5ClN2OS. The summed E-state index contributed by atoms with van der Waals surface area (Å²) < 4.78 is 1.75. The average molecular weight is 201 g/mol. The number of nitrogens with zero attached hydrogens (tertiary/aromatic N) is 2. The van der Waals surface area contributed by atoms with Gasteiger partial charge in [0.25, 0.3) is 0 Å². The quantitative estimate of drug-likeness (QED) is 0.548.